The van der Waals surface area contributed by atoms with Crippen LogP contribution in [-0.4, -0.2) is 66.3 Å². The SMILES string of the molecule is CCCCCCCCCCCC(C)(C)SCCCOc1nc(OCCCSC(C)(C)CCCCCCCCCCC)nc(OCCCSC(C)(C)CCCCCCCCCCC)n1. The Labute approximate surface area is 405 Å². The second-order valence-electron chi connectivity index (χ2n) is 20.3. The van der Waals surface area contributed by atoms with E-state index in [0.717, 1.165) is 36.5 Å². The second-order valence-corrected chi connectivity index (χ2v) is 25.8. The van der Waals surface area contributed by atoms with Gasteiger partial charge in [0, 0.05) is 14.2 Å². The van der Waals surface area contributed by atoms with Crippen LogP contribution in [0, 0.1) is 0 Å². The third-order valence-corrected chi connectivity index (χ3v) is 16.7. The summed E-state index contributed by atoms with van der Waals surface area (Å²) in [7, 11) is 0. The molecule has 0 amide bonds. The fourth-order valence-electron chi connectivity index (χ4n) is 8.03. The molecule has 0 saturated heterocycles. The lowest BCUT2D eigenvalue weighted by atomic mass is 10.0. The summed E-state index contributed by atoms with van der Waals surface area (Å²) in [5.41, 5.74) is 0. The molecule has 9 heteroatoms. The van der Waals surface area contributed by atoms with E-state index in [1.54, 1.807) is 0 Å². The van der Waals surface area contributed by atoms with Gasteiger partial charge in [-0.3, -0.25) is 0 Å². The Morgan fingerprint density at radius 1 is 0.302 bits per heavy atom. The highest BCUT2D eigenvalue weighted by atomic mass is 32.2. The van der Waals surface area contributed by atoms with E-state index in [2.05, 4.69) is 113 Å². The molecular weight excluding hydrogens is 835 g/mol. The highest BCUT2D eigenvalue weighted by molar-refractivity contribution is 8.01. The van der Waals surface area contributed by atoms with Crippen molar-refractivity contribution < 1.29 is 14.2 Å². The quantitative estimate of drug-likeness (QED) is 0.0594. The summed E-state index contributed by atoms with van der Waals surface area (Å²) in [6, 6.07) is 0.922. The van der Waals surface area contributed by atoms with Gasteiger partial charge in [0.1, 0.15) is 0 Å². The lowest BCUT2D eigenvalue weighted by molar-refractivity contribution is 0.236. The number of hydrogen-bond acceptors (Lipinski definition) is 9. The van der Waals surface area contributed by atoms with Crippen molar-refractivity contribution in [2.45, 2.75) is 288 Å². The van der Waals surface area contributed by atoms with Crippen LogP contribution >= 0.6 is 35.3 Å². The predicted octanol–water partition coefficient (Wildman–Crippen LogP) is 18.5. The Hall–Kier alpha value is -0.540. The standard InChI is InChI=1S/C54H105N3O3S3/c1-10-13-16-19-22-25-28-31-34-40-52(4,5)61-46-37-43-58-49-55-50(59-44-38-47-62-53(6,7)41-35-32-29-26-23-20-17-14-11-2)57-51(56-49)60-45-39-48-63-54(8,9)42-36-33-30-27-24-21-18-15-12-3/h10-48H2,1-9H3. The van der Waals surface area contributed by atoms with Crippen LogP contribution in [0.4, 0.5) is 0 Å². The maximum atomic E-state index is 6.13. The van der Waals surface area contributed by atoms with E-state index in [1.165, 1.54) is 193 Å². The first-order chi connectivity index (χ1) is 30.4. The van der Waals surface area contributed by atoms with Gasteiger partial charge in [0.2, 0.25) is 0 Å². The number of ether oxygens (including phenoxy) is 3. The highest BCUT2D eigenvalue weighted by Crippen LogP contribution is 2.33. The monoisotopic (exact) mass is 940 g/mol. The molecule has 0 bridgehead atoms. The number of hydrogen-bond donors (Lipinski definition) is 0. The van der Waals surface area contributed by atoms with Crippen molar-refractivity contribution in [3.8, 4) is 18.0 Å². The van der Waals surface area contributed by atoms with Crippen molar-refractivity contribution in [1.29, 1.82) is 0 Å². The minimum Gasteiger partial charge on any atom is -0.463 e. The number of nitrogens with zero attached hydrogens (tertiary/aromatic N) is 3. The Kier molecular flexibility index (Phi) is 38.9. The van der Waals surface area contributed by atoms with Crippen molar-refractivity contribution >= 4 is 35.3 Å². The molecule has 0 fully saturated rings. The van der Waals surface area contributed by atoms with Gasteiger partial charge in [0.15, 0.2) is 0 Å². The molecule has 0 unspecified atom stereocenters. The second kappa shape index (κ2) is 40.5. The van der Waals surface area contributed by atoms with E-state index in [9.17, 15) is 0 Å². The number of aromatic nitrogens is 3. The van der Waals surface area contributed by atoms with Crippen LogP contribution in [0.15, 0.2) is 0 Å². The number of thioether (sulfide) groups is 3. The van der Waals surface area contributed by atoms with Crippen molar-refractivity contribution in [3.05, 3.63) is 0 Å². The summed E-state index contributed by atoms with van der Waals surface area (Å²) in [6.07, 6.45) is 44.0. The fourth-order valence-corrected chi connectivity index (χ4v) is 11.3. The van der Waals surface area contributed by atoms with E-state index in [4.69, 9.17) is 14.2 Å². The van der Waals surface area contributed by atoms with E-state index in [1.807, 2.05) is 0 Å². The predicted molar refractivity (Wildman–Crippen MR) is 285 cm³/mol. The Morgan fingerprint density at radius 3 is 0.730 bits per heavy atom. The molecule has 6 nitrogen and oxygen atoms in total. The van der Waals surface area contributed by atoms with Crippen molar-refractivity contribution in [2.24, 2.45) is 0 Å². The zero-order valence-corrected chi connectivity index (χ0v) is 45.8. The third kappa shape index (κ3) is 39.2. The average molecular weight is 941 g/mol. The summed E-state index contributed by atoms with van der Waals surface area (Å²) < 4.78 is 19.3. The first kappa shape index (κ1) is 60.5. The molecule has 0 radical (unpaired) electrons. The molecule has 0 aromatic carbocycles. The maximum Gasteiger partial charge on any atom is 0.325 e. The molecule has 1 aromatic heterocycles. The smallest absolute Gasteiger partial charge is 0.325 e. The molecule has 0 spiro atoms. The normalized spacial score (nSPS) is 12.3. The molecule has 1 aromatic rings. The van der Waals surface area contributed by atoms with Crippen LogP contribution in [0.2, 0.25) is 0 Å². The molecule has 63 heavy (non-hydrogen) atoms. The van der Waals surface area contributed by atoms with Crippen LogP contribution in [0.3, 0.4) is 0 Å². The minimum absolute atomic E-state index is 0.289. The molecule has 0 N–H and O–H groups in total. The topological polar surface area (TPSA) is 66.4 Å². The van der Waals surface area contributed by atoms with Crippen LogP contribution < -0.4 is 14.2 Å². The van der Waals surface area contributed by atoms with Gasteiger partial charge >= 0.3 is 18.0 Å². The first-order valence-electron chi connectivity index (χ1n) is 27.0. The van der Waals surface area contributed by atoms with Gasteiger partial charge in [-0.15, -0.1) is 15.0 Å². The largest absolute Gasteiger partial charge is 0.463 e. The van der Waals surface area contributed by atoms with Crippen LogP contribution in [0.25, 0.3) is 0 Å². The van der Waals surface area contributed by atoms with Gasteiger partial charge < -0.3 is 14.2 Å². The molecule has 0 atom stereocenters. The Balaban J connectivity index is 2.54. The number of rotatable bonds is 48. The Bertz CT molecular complexity index is 1000. The molecule has 0 aliphatic rings. The average Bonchev–Trinajstić information content (AvgIpc) is 3.24. The van der Waals surface area contributed by atoms with Crippen molar-refractivity contribution in [3.63, 3.8) is 0 Å². The third-order valence-electron chi connectivity index (χ3n) is 12.3. The Morgan fingerprint density at radius 2 is 0.508 bits per heavy atom. The van der Waals surface area contributed by atoms with E-state index < -0.39 is 0 Å². The van der Waals surface area contributed by atoms with Gasteiger partial charge in [-0.05, 0) is 55.8 Å². The van der Waals surface area contributed by atoms with Gasteiger partial charge in [-0.25, -0.2) is 0 Å². The summed E-state index contributed by atoms with van der Waals surface area (Å²) in [4.78, 5) is 13.7. The van der Waals surface area contributed by atoms with Gasteiger partial charge in [0.25, 0.3) is 0 Å². The van der Waals surface area contributed by atoms with E-state index in [-0.39, 0.29) is 14.2 Å². The molecule has 1 heterocycles. The zero-order chi connectivity index (χ0) is 46.2. The van der Waals surface area contributed by atoms with Gasteiger partial charge in [-0.2, -0.15) is 35.3 Å². The van der Waals surface area contributed by atoms with Crippen LogP contribution in [0.5, 0.6) is 18.0 Å². The van der Waals surface area contributed by atoms with Crippen LogP contribution in [-0.2, 0) is 0 Å². The van der Waals surface area contributed by atoms with Crippen molar-refractivity contribution in [1.82, 2.24) is 15.0 Å². The summed E-state index contributed by atoms with van der Waals surface area (Å²) in [5, 5.41) is 0. The molecule has 0 aliphatic heterocycles. The maximum absolute atomic E-state index is 6.13. The first-order valence-corrected chi connectivity index (χ1v) is 29.9. The van der Waals surface area contributed by atoms with Crippen LogP contribution in [0.1, 0.15) is 274 Å². The summed E-state index contributed by atoms with van der Waals surface area (Å²) >= 11 is 6.20. The van der Waals surface area contributed by atoms with E-state index in [0.29, 0.717) is 37.9 Å². The lowest BCUT2D eigenvalue weighted by Gasteiger charge is -2.24. The van der Waals surface area contributed by atoms with Crippen molar-refractivity contribution in [2.75, 3.05) is 37.1 Å². The number of unbranched alkanes of at least 4 members (excludes halogenated alkanes) is 24. The summed E-state index contributed by atoms with van der Waals surface area (Å²) in [5.74, 6) is 3.17. The molecular formula is C54H105N3O3S3. The summed E-state index contributed by atoms with van der Waals surface area (Å²) in [6.45, 7) is 23.0. The molecule has 0 aliphatic carbocycles. The van der Waals surface area contributed by atoms with Gasteiger partial charge in [-0.1, -0.05) is 236 Å². The highest BCUT2D eigenvalue weighted by Gasteiger charge is 2.20. The fraction of sp³-hybridized carbons (Fsp3) is 0.944. The minimum atomic E-state index is 0.289. The zero-order valence-electron chi connectivity index (χ0n) is 43.4. The lowest BCUT2D eigenvalue weighted by Crippen LogP contribution is -2.16. The molecule has 1 rings (SSSR count). The molecule has 372 valence electrons. The van der Waals surface area contributed by atoms with E-state index >= 15 is 0 Å². The van der Waals surface area contributed by atoms with Gasteiger partial charge in [0.05, 0.1) is 19.8 Å². The molecule has 0 saturated carbocycles.